The monoisotopic (exact) mass is 277 g/mol. The van der Waals surface area contributed by atoms with Gasteiger partial charge in [-0.3, -0.25) is 4.79 Å². The van der Waals surface area contributed by atoms with E-state index in [9.17, 15) is 18.0 Å². The van der Waals surface area contributed by atoms with Crippen LogP contribution in [0, 0.1) is 0 Å². The van der Waals surface area contributed by atoms with Crippen LogP contribution in [-0.4, -0.2) is 23.5 Å². The van der Waals surface area contributed by atoms with Crippen molar-refractivity contribution in [1.29, 1.82) is 0 Å². The van der Waals surface area contributed by atoms with Crippen molar-refractivity contribution in [2.75, 3.05) is 0 Å². The molecule has 7 heteroatoms. The summed E-state index contributed by atoms with van der Waals surface area (Å²) in [4.78, 5) is 10.4. The van der Waals surface area contributed by atoms with E-state index >= 15 is 0 Å². The van der Waals surface area contributed by atoms with Crippen molar-refractivity contribution in [3.8, 4) is 5.75 Å². The summed E-state index contributed by atoms with van der Waals surface area (Å²) in [6.45, 7) is 2.09. The van der Waals surface area contributed by atoms with Gasteiger partial charge in [0.1, 0.15) is 5.75 Å². The van der Waals surface area contributed by atoms with Crippen molar-refractivity contribution in [2.45, 2.75) is 32.3 Å². The molecule has 1 aromatic carbocycles. The lowest BCUT2D eigenvalue weighted by Gasteiger charge is -2.12. The molecular formula is C12H14F3NO3. The lowest BCUT2D eigenvalue weighted by Crippen LogP contribution is -2.27. The number of ether oxygens (including phenoxy) is 1. The van der Waals surface area contributed by atoms with Gasteiger partial charge in [-0.05, 0) is 24.6 Å². The molecule has 0 aliphatic heterocycles. The molecule has 2 N–H and O–H groups in total. The zero-order valence-corrected chi connectivity index (χ0v) is 10.2. The van der Waals surface area contributed by atoms with Gasteiger partial charge >= 0.3 is 12.3 Å². The second kappa shape index (κ2) is 6.42. The average molecular weight is 277 g/mol. The topological polar surface area (TPSA) is 58.6 Å². The molecule has 0 aliphatic rings. The van der Waals surface area contributed by atoms with Crippen molar-refractivity contribution >= 4 is 5.97 Å². The fourth-order valence-electron chi connectivity index (χ4n) is 1.44. The first-order valence-electron chi connectivity index (χ1n) is 5.56. The molecule has 0 radical (unpaired) electrons. The van der Waals surface area contributed by atoms with Crippen molar-refractivity contribution in [1.82, 2.24) is 5.32 Å². The molecule has 0 amide bonds. The number of halogens is 3. The van der Waals surface area contributed by atoms with Gasteiger partial charge in [-0.15, -0.1) is 13.2 Å². The Kier molecular flexibility index (Phi) is 5.17. The smallest absolute Gasteiger partial charge is 0.481 e. The molecule has 106 valence electrons. The summed E-state index contributed by atoms with van der Waals surface area (Å²) in [6.07, 6.45) is -4.72. The Labute approximate surface area is 108 Å². The van der Waals surface area contributed by atoms with E-state index in [-0.39, 0.29) is 18.2 Å². The van der Waals surface area contributed by atoms with E-state index in [0.717, 1.165) is 5.56 Å². The molecule has 0 aliphatic carbocycles. The van der Waals surface area contributed by atoms with E-state index in [1.165, 1.54) is 24.3 Å². The summed E-state index contributed by atoms with van der Waals surface area (Å²) in [5, 5.41) is 11.5. The minimum absolute atomic E-state index is 0.0186. The maximum atomic E-state index is 11.9. The Morgan fingerprint density at radius 2 is 1.95 bits per heavy atom. The fourth-order valence-corrected chi connectivity index (χ4v) is 1.44. The Morgan fingerprint density at radius 1 is 1.37 bits per heavy atom. The molecule has 0 saturated carbocycles. The van der Waals surface area contributed by atoms with E-state index in [4.69, 9.17) is 5.11 Å². The van der Waals surface area contributed by atoms with Crippen LogP contribution in [0.5, 0.6) is 5.75 Å². The Bertz CT molecular complexity index is 417. The number of rotatable bonds is 6. The van der Waals surface area contributed by atoms with Crippen LogP contribution in [0.15, 0.2) is 24.3 Å². The second-order valence-corrected chi connectivity index (χ2v) is 4.07. The van der Waals surface area contributed by atoms with E-state index < -0.39 is 12.3 Å². The van der Waals surface area contributed by atoms with Crippen LogP contribution in [0.25, 0.3) is 0 Å². The van der Waals surface area contributed by atoms with Crippen LogP contribution < -0.4 is 10.1 Å². The minimum Gasteiger partial charge on any atom is -0.481 e. The summed E-state index contributed by atoms with van der Waals surface area (Å²) < 4.78 is 39.5. The van der Waals surface area contributed by atoms with Crippen molar-refractivity contribution in [3.63, 3.8) is 0 Å². The summed E-state index contributed by atoms with van der Waals surface area (Å²) in [5.74, 6) is -1.19. The Balaban J connectivity index is 2.46. The quantitative estimate of drug-likeness (QED) is 0.839. The number of aliphatic carboxylic acids is 1. The highest BCUT2D eigenvalue weighted by Crippen LogP contribution is 2.22. The van der Waals surface area contributed by atoms with E-state index in [2.05, 4.69) is 10.1 Å². The van der Waals surface area contributed by atoms with Gasteiger partial charge in [-0.25, -0.2) is 0 Å². The zero-order chi connectivity index (χ0) is 14.5. The molecule has 1 unspecified atom stereocenters. The molecule has 0 saturated heterocycles. The first-order chi connectivity index (χ1) is 8.76. The maximum absolute atomic E-state index is 11.9. The molecule has 1 aromatic rings. The van der Waals surface area contributed by atoms with Gasteiger partial charge in [0.05, 0.1) is 6.42 Å². The Morgan fingerprint density at radius 3 is 2.42 bits per heavy atom. The number of nitrogens with one attached hydrogen (secondary N) is 1. The van der Waals surface area contributed by atoms with Gasteiger partial charge < -0.3 is 15.2 Å². The third-order valence-corrected chi connectivity index (χ3v) is 2.29. The zero-order valence-electron chi connectivity index (χ0n) is 10.2. The van der Waals surface area contributed by atoms with E-state index in [1.54, 1.807) is 6.92 Å². The fraction of sp³-hybridized carbons (Fsp3) is 0.417. The average Bonchev–Trinajstić information content (AvgIpc) is 2.25. The molecule has 4 nitrogen and oxygen atoms in total. The molecule has 0 fully saturated rings. The second-order valence-electron chi connectivity index (χ2n) is 4.07. The first kappa shape index (κ1) is 15.3. The third-order valence-electron chi connectivity index (χ3n) is 2.29. The first-order valence-corrected chi connectivity index (χ1v) is 5.56. The predicted octanol–water partition coefficient (Wildman–Crippen LogP) is 2.54. The van der Waals surface area contributed by atoms with Crippen LogP contribution >= 0.6 is 0 Å². The van der Waals surface area contributed by atoms with Gasteiger partial charge in [0.25, 0.3) is 0 Å². The van der Waals surface area contributed by atoms with Gasteiger partial charge in [-0.1, -0.05) is 12.1 Å². The molecule has 1 atom stereocenters. The highest BCUT2D eigenvalue weighted by Gasteiger charge is 2.30. The number of carbonyl (C=O) groups is 1. The number of hydrogen-bond donors (Lipinski definition) is 2. The molecule has 0 heterocycles. The van der Waals surface area contributed by atoms with Gasteiger partial charge in [0.2, 0.25) is 0 Å². The summed E-state index contributed by atoms with van der Waals surface area (Å²) >= 11 is 0. The minimum atomic E-state index is -4.70. The summed E-state index contributed by atoms with van der Waals surface area (Å²) in [7, 11) is 0. The largest absolute Gasteiger partial charge is 0.573 e. The predicted molar refractivity (Wildman–Crippen MR) is 61.7 cm³/mol. The highest BCUT2D eigenvalue weighted by molar-refractivity contribution is 5.67. The maximum Gasteiger partial charge on any atom is 0.573 e. The van der Waals surface area contributed by atoms with Crippen LogP contribution in [0.4, 0.5) is 13.2 Å². The van der Waals surface area contributed by atoms with Crippen LogP contribution in [0.2, 0.25) is 0 Å². The number of hydrogen-bond acceptors (Lipinski definition) is 3. The van der Waals surface area contributed by atoms with Gasteiger partial charge in [0.15, 0.2) is 0 Å². The molecule has 0 spiro atoms. The number of alkyl halides is 3. The SMILES string of the molecule is CC(CC(=O)O)NCc1ccc(OC(F)(F)F)cc1. The van der Waals surface area contributed by atoms with Crippen molar-refractivity contribution in [2.24, 2.45) is 0 Å². The van der Waals surface area contributed by atoms with Gasteiger partial charge in [0, 0.05) is 12.6 Å². The third kappa shape index (κ3) is 6.66. The van der Waals surface area contributed by atoms with E-state index in [0.29, 0.717) is 6.54 Å². The lowest BCUT2D eigenvalue weighted by molar-refractivity contribution is -0.274. The number of carboxylic acids is 1. The highest BCUT2D eigenvalue weighted by atomic mass is 19.4. The molecule has 0 bridgehead atoms. The number of carboxylic acid groups (broad SMARTS) is 1. The van der Waals surface area contributed by atoms with E-state index in [1.807, 2.05) is 0 Å². The molecule has 0 aromatic heterocycles. The number of benzene rings is 1. The van der Waals surface area contributed by atoms with Gasteiger partial charge in [-0.2, -0.15) is 0 Å². The Hall–Kier alpha value is -1.76. The van der Waals surface area contributed by atoms with Crippen molar-refractivity contribution < 1.29 is 27.8 Å². The normalized spacial score (nSPS) is 13.1. The summed E-state index contributed by atoms with van der Waals surface area (Å²) in [5.41, 5.74) is 0.742. The van der Waals surface area contributed by atoms with Crippen LogP contribution in [0.1, 0.15) is 18.9 Å². The van der Waals surface area contributed by atoms with Crippen LogP contribution in [0.3, 0.4) is 0 Å². The lowest BCUT2D eigenvalue weighted by atomic mass is 10.2. The van der Waals surface area contributed by atoms with Crippen molar-refractivity contribution in [3.05, 3.63) is 29.8 Å². The van der Waals surface area contributed by atoms with Crippen LogP contribution in [-0.2, 0) is 11.3 Å². The summed E-state index contributed by atoms with van der Waals surface area (Å²) in [6, 6.07) is 5.19. The molecule has 1 rings (SSSR count). The standard InChI is InChI=1S/C12H14F3NO3/c1-8(6-11(17)18)16-7-9-2-4-10(5-3-9)19-12(13,14)15/h2-5,8,16H,6-7H2,1H3,(H,17,18). The molecule has 19 heavy (non-hydrogen) atoms. The molecular weight excluding hydrogens is 263 g/mol.